The van der Waals surface area contributed by atoms with Gasteiger partial charge < -0.3 is 9.64 Å². The second kappa shape index (κ2) is 10.4. The van der Waals surface area contributed by atoms with E-state index in [-0.39, 0.29) is 23.6 Å². The summed E-state index contributed by atoms with van der Waals surface area (Å²) in [6.07, 6.45) is 3.24. The van der Waals surface area contributed by atoms with Gasteiger partial charge in [-0.15, -0.1) is 23.1 Å². The molecule has 1 aromatic carbocycles. The molecule has 2 aromatic heterocycles. The maximum absolute atomic E-state index is 13.3. The van der Waals surface area contributed by atoms with Crippen molar-refractivity contribution in [2.24, 2.45) is 5.92 Å². The number of esters is 1. The van der Waals surface area contributed by atoms with Gasteiger partial charge in [-0.3, -0.25) is 9.59 Å². The molecule has 0 saturated carbocycles. The Bertz CT molecular complexity index is 1100. The van der Waals surface area contributed by atoms with Gasteiger partial charge in [-0.1, -0.05) is 12.1 Å². The van der Waals surface area contributed by atoms with Gasteiger partial charge in [0.2, 0.25) is 5.91 Å². The van der Waals surface area contributed by atoms with Crippen LogP contribution in [0.2, 0.25) is 0 Å². The van der Waals surface area contributed by atoms with E-state index in [1.165, 1.54) is 41.6 Å². The summed E-state index contributed by atoms with van der Waals surface area (Å²) in [6, 6.07) is 6.39. The number of nitrogens with zero attached hydrogens (tertiary/aromatic N) is 3. The number of aromatic nitrogens is 2. The number of rotatable bonds is 7. The third kappa shape index (κ3) is 5.10. The maximum atomic E-state index is 13.3. The Labute approximate surface area is 194 Å². The minimum atomic E-state index is -0.274. The third-order valence-electron chi connectivity index (χ3n) is 5.51. The Hall–Kier alpha value is -2.52. The van der Waals surface area contributed by atoms with Crippen LogP contribution in [0, 0.1) is 11.7 Å². The largest absolute Gasteiger partial charge is 0.466 e. The fourth-order valence-electron chi connectivity index (χ4n) is 3.82. The molecule has 9 heteroatoms. The molecule has 1 fully saturated rings. The van der Waals surface area contributed by atoms with Gasteiger partial charge in [0.05, 0.1) is 17.9 Å². The normalized spacial score (nSPS) is 14.6. The lowest BCUT2D eigenvalue weighted by molar-refractivity contribution is -0.151. The minimum Gasteiger partial charge on any atom is -0.466 e. The zero-order valence-electron chi connectivity index (χ0n) is 17.8. The first-order chi connectivity index (χ1) is 15.6. The molecular weight excluding hydrogens is 449 g/mol. The van der Waals surface area contributed by atoms with Crippen molar-refractivity contribution in [1.82, 2.24) is 14.9 Å². The number of likely N-dealkylation sites (tertiary alicyclic amines) is 1. The molecule has 0 N–H and O–H groups in total. The van der Waals surface area contributed by atoms with Gasteiger partial charge >= 0.3 is 5.97 Å². The van der Waals surface area contributed by atoms with Gasteiger partial charge in [-0.25, -0.2) is 14.4 Å². The highest BCUT2D eigenvalue weighted by Crippen LogP contribution is 2.38. The van der Waals surface area contributed by atoms with Crippen molar-refractivity contribution in [2.45, 2.75) is 31.2 Å². The van der Waals surface area contributed by atoms with E-state index in [1.807, 2.05) is 10.3 Å². The van der Waals surface area contributed by atoms with E-state index in [0.29, 0.717) is 44.7 Å². The first kappa shape index (κ1) is 22.7. The maximum Gasteiger partial charge on any atom is 0.309 e. The Morgan fingerprint density at radius 3 is 2.69 bits per heavy atom. The van der Waals surface area contributed by atoms with E-state index in [4.69, 9.17) is 4.74 Å². The van der Waals surface area contributed by atoms with Crippen molar-refractivity contribution in [2.75, 3.05) is 25.4 Å². The van der Waals surface area contributed by atoms with Crippen LogP contribution >= 0.6 is 23.1 Å². The Kier molecular flexibility index (Phi) is 7.36. The average molecular weight is 474 g/mol. The van der Waals surface area contributed by atoms with Crippen LogP contribution in [0.3, 0.4) is 0 Å². The summed E-state index contributed by atoms with van der Waals surface area (Å²) in [5.74, 6) is 0.154. The van der Waals surface area contributed by atoms with Gasteiger partial charge in [0.25, 0.3) is 0 Å². The van der Waals surface area contributed by atoms with Gasteiger partial charge in [-0.2, -0.15) is 0 Å². The summed E-state index contributed by atoms with van der Waals surface area (Å²) in [5.41, 5.74) is 1.88. The van der Waals surface area contributed by atoms with Crippen molar-refractivity contribution in [3.05, 3.63) is 41.8 Å². The van der Waals surface area contributed by atoms with Crippen molar-refractivity contribution in [1.29, 1.82) is 0 Å². The fraction of sp³-hybridized carbons (Fsp3) is 0.391. The zero-order valence-corrected chi connectivity index (χ0v) is 19.4. The van der Waals surface area contributed by atoms with Crippen molar-refractivity contribution < 1.29 is 18.7 Å². The molecule has 0 spiro atoms. The van der Waals surface area contributed by atoms with Crippen LogP contribution in [-0.4, -0.2) is 52.2 Å². The standard InChI is InChI=1S/C23H24FN3O3S2/c1-2-30-23(29)16-7-10-27(11-8-16)19(28)9-12-31-21-20-18(13-32-22(20)26-14-25-21)15-3-5-17(24)6-4-15/h3-6,13-14,16H,2,7-12H2,1H3. The lowest BCUT2D eigenvalue weighted by Gasteiger charge is -2.30. The van der Waals surface area contributed by atoms with E-state index in [2.05, 4.69) is 9.97 Å². The van der Waals surface area contributed by atoms with E-state index < -0.39 is 0 Å². The Morgan fingerprint density at radius 1 is 1.22 bits per heavy atom. The number of benzene rings is 1. The molecule has 3 heterocycles. The number of amides is 1. The lowest BCUT2D eigenvalue weighted by atomic mass is 9.97. The molecule has 1 aliphatic heterocycles. The number of carbonyl (C=O) groups excluding carboxylic acids is 2. The first-order valence-electron chi connectivity index (χ1n) is 10.6. The highest BCUT2D eigenvalue weighted by atomic mass is 32.2. The van der Waals surface area contributed by atoms with E-state index in [0.717, 1.165) is 26.4 Å². The minimum absolute atomic E-state index is 0.0918. The molecule has 0 radical (unpaired) electrons. The molecule has 4 rings (SSSR count). The molecule has 32 heavy (non-hydrogen) atoms. The SMILES string of the molecule is CCOC(=O)C1CCN(C(=O)CCSc2ncnc3scc(-c4ccc(F)cc4)c23)CC1. The summed E-state index contributed by atoms with van der Waals surface area (Å²) >= 11 is 3.06. The molecule has 1 saturated heterocycles. The number of thiophene rings is 1. The quantitative estimate of drug-likeness (QED) is 0.279. The van der Waals surface area contributed by atoms with Gasteiger partial charge in [0, 0.05) is 36.2 Å². The van der Waals surface area contributed by atoms with Crippen molar-refractivity contribution in [3.8, 4) is 11.1 Å². The number of piperidine rings is 1. The number of halogens is 1. The van der Waals surface area contributed by atoms with Crippen LogP contribution < -0.4 is 0 Å². The second-order valence-electron chi connectivity index (χ2n) is 7.52. The summed E-state index contributed by atoms with van der Waals surface area (Å²) < 4.78 is 18.4. The first-order valence-corrected chi connectivity index (χ1v) is 12.5. The van der Waals surface area contributed by atoms with E-state index in [1.54, 1.807) is 19.1 Å². The van der Waals surface area contributed by atoms with Crippen molar-refractivity contribution in [3.63, 3.8) is 0 Å². The predicted molar refractivity (Wildman–Crippen MR) is 124 cm³/mol. The Balaban J connectivity index is 1.37. The topological polar surface area (TPSA) is 72.4 Å². The predicted octanol–water partition coefficient (Wildman–Crippen LogP) is 4.78. The van der Waals surface area contributed by atoms with E-state index in [9.17, 15) is 14.0 Å². The van der Waals surface area contributed by atoms with E-state index >= 15 is 0 Å². The molecule has 6 nitrogen and oxygen atoms in total. The average Bonchev–Trinajstić information content (AvgIpc) is 3.25. The van der Waals surface area contributed by atoms with Crippen LogP contribution in [0.25, 0.3) is 21.3 Å². The van der Waals surface area contributed by atoms with Crippen LogP contribution in [0.15, 0.2) is 41.0 Å². The number of carbonyl (C=O) groups is 2. The van der Waals surface area contributed by atoms with Gasteiger partial charge in [-0.05, 0) is 37.5 Å². The molecular formula is C23H24FN3O3S2. The van der Waals surface area contributed by atoms with Crippen LogP contribution in [0.4, 0.5) is 4.39 Å². The number of thioether (sulfide) groups is 1. The van der Waals surface area contributed by atoms with Gasteiger partial charge in [0.15, 0.2) is 0 Å². The summed E-state index contributed by atoms with van der Waals surface area (Å²) in [4.78, 5) is 36.0. The molecule has 1 amide bonds. The number of hydrogen-bond acceptors (Lipinski definition) is 7. The second-order valence-corrected chi connectivity index (χ2v) is 9.46. The molecule has 0 atom stereocenters. The summed E-state index contributed by atoms with van der Waals surface area (Å²) in [7, 11) is 0. The zero-order chi connectivity index (χ0) is 22.5. The fourth-order valence-corrected chi connectivity index (χ4v) is 5.74. The molecule has 0 bridgehead atoms. The van der Waals surface area contributed by atoms with Gasteiger partial charge in [0.1, 0.15) is 22.0 Å². The molecule has 1 aliphatic rings. The molecule has 0 unspecified atom stereocenters. The number of fused-ring (bicyclic) bond motifs is 1. The number of ether oxygens (including phenoxy) is 1. The lowest BCUT2D eigenvalue weighted by Crippen LogP contribution is -2.40. The van der Waals surface area contributed by atoms with Crippen molar-refractivity contribution >= 4 is 45.2 Å². The summed E-state index contributed by atoms with van der Waals surface area (Å²) in [6.45, 7) is 3.37. The highest BCUT2D eigenvalue weighted by molar-refractivity contribution is 7.99. The number of hydrogen-bond donors (Lipinski definition) is 0. The third-order valence-corrected chi connectivity index (χ3v) is 7.39. The van der Waals surface area contributed by atoms with Crippen LogP contribution in [0.1, 0.15) is 26.2 Å². The van der Waals surface area contributed by atoms with Crippen LogP contribution in [-0.2, 0) is 14.3 Å². The Morgan fingerprint density at radius 2 is 1.97 bits per heavy atom. The smallest absolute Gasteiger partial charge is 0.309 e. The summed E-state index contributed by atoms with van der Waals surface area (Å²) in [5, 5.41) is 3.77. The molecule has 3 aromatic rings. The molecule has 0 aliphatic carbocycles. The highest BCUT2D eigenvalue weighted by Gasteiger charge is 2.28. The monoisotopic (exact) mass is 473 g/mol. The molecule has 168 valence electrons. The van der Waals surface area contributed by atoms with Crippen LogP contribution in [0.5, 0.6) is 0 Å².